The van der Waals surface area contributed by atoms with E-state index in [0.29, 0.717) is 0 Å². The molecule has 10 heavy (non-hydrogen) atoms. The monoisotopic (exact) mass is 160 g/mol. The molecule has 0 aromatic carbocycles. The van der Waals surface area contributed by atoms with E-state index in [1.807, 2.05) is 0 Å². The molecule has 0 aromatic heterocycles. The van der Waals surface area contributed by atoms with Crippen molar-refractivity contribution in [3.8, 4) is 0 Å². The molecule has 0 atom stereocenters. The molecule has 0 fully saturated rings. The lowest BCUT2D eigenvalue weighted by atomic mass is 10.7. The third kappa shape index (κ3) is 2.26. The SMILES string of the molecule is O=C(O)CSC1=NCCN1. The van der Waals surface area contributed by atoms with Crippen molar-refractivity contribution in [1.82, 2.24) is 5.32 Å². The second kappa shape index (κ2) is 3.46. The summed E-state index contributed by atoms with van der Waals surface area (Å²) in [5.74, 6) is -0.715. The molecule has 0 saturated heterocycles. The third-order valence-corrected chi connectivity index (χ3v) is 1.91. The van der Waals surface area contributed by atoms with E-state index >= 15 is 0 Å². The summed E-state index contributed by atoms with van der Waals surface area (Å²) in [5, 5.41) is 12.0. The molecule has 0 spiro atoms. The lowest BCUT2D eigenvalue weighted by Crippen LogP contribution is -2.16. The summed E-state index contributed by atoms with van der Waals surface area (Å²) in [6, 6.07) is 0. The number of rotatable bonds is 2. The van der Waals surface area contributed by atoms with Crippen molar-refractivity contribution in [3.05, 3.63) is 0 Å². The van der Waals surface area contributed by atoms with Crippen LogP contribution in [0.4, 0.5) is 0 Å². The Kier molecular flexibility index (Phi) is 2.56. The number of hydrogen-bond donors (Lipinski definition) is 2. The van der Waals surface area contributed by atoms with E-state index < -0.39 is 5.97 Å². The molecule has 0 aliphatic carbocycles. The Bertz CT molecular complexity index is 169. The quantitative estimate of drug-likeness (QED) is 0.585. The highest BCUT2D eigenvalue weighted by molar-refractivity contribution is 8.14. The Morgan fingerprint density at radius 3 is 3.20 bits per heavy atom. The van der Waals surface area contributed by atoms with E-state index in [2.05, 4.69) is 10.3 Å². The maximum atomic E-state index is 10.1. The molecule has 0 bridgehead atoms. The normalized spacial score (nSPS) is 16.2. The fourth-order valence-corrected chi connectivity index (χ4v) is 1.25. The molecule has 0 aromatic rings. The van der Waals surface area contributed by atoms with Gasteiger partial charge < -0.3 is 10.4 Å². The van der Waals surface area contributed by atoms with E-state index in [-0.39, 0.29) is 5.75 Å². The summed E-state index contributed by atoms with van der Waals surface area (Å²) in [4.78, 5) is 14.1. The Labute approximate surface area is 62.7 Å². The molecule has 4 nitrogen and oxygen atoms in total. The highest BCUT2D eigenvalue weighted by atomic mass is 32.2. The number of hydrogen-bond acceptors (Lipinski definition) is 4. The number of aliphatic carboxylic acids is 1. The average Bonchev–Trinajstić information content (AvgIpc) is 2.34. The van der Waals surface area contributed by atoms with Crippen LogP contribution in [-0.4, -0.2) is 35.1 Å². The van der Waals surface area contributed by atoms with E-state index in [1.165, 1.54) is 11.8 Å². The Morgan fingerprint density at radius 1 is 1.90 bits per heavy atom. The lowest BCUT2D eigenvalue weighted by Gasteiger charge is -1.96. The highest BCUT2D eigenvalue weighted by Gasteiger charge is 2.06. The van der Waals surface area contributed by atoms with Gasteiger partial charge in [-0.3, -0.25) is 9.79 Å². The first-order valence-corrected chi connectivity index (χ1v) is 3.90. The van der Waals surface area contributed by atoms with Crippen LogP contribution in [0.5, 0.6) is 0 Å². The summed E-state index contributed by atoms with van der Waals surface area (Å²) < 4.78 is 0. The van der Waals surface area contributed by atoms with Crippen molar-refractivity contribution < 1.29 is 9.90 Å². The molecular weight excluding hydrogens is 152 g/mol. The van der Waals surface area contributed by atoms with Crippen LogP contribution in [0.1, 0.15) is 0 Å². The van der Waals surface area contributed by atoms with Gasteiger partial charge >= 0.3 is 5.97 Å². The van der Waals surface area contributed by atoms with Gasteiger partial charge in [-0.1, -0.05) is 11.8 Å². The second-order valence-corrected chi connectivity index (χ2v) is 2.76. The minimum atomic E-state index is -0.804. The Balaban J connectivity index is 2.19. The fraction of sp³-hybridized carbons (Fsp3) is 0.600. The van der Waals surface area contributed by atoms with Crippen LogP contribution in [0.15, 0.2) is 4.99 Å². The molecule has 0 radical (unpaired) electrons. The van der Waals surface area contributed by atoms with Gasteiger partial charge in [-0.15, -0.1) is 0 Å². The Hall–Kier alpha value is -0.710. The maximum absolute atomic E-state index is 10.1. The van der Waals surface area contributed by atoms with Gasteiger partial charge in [0, 0.05) is 6.54 Å². The molecule has 1 aliphatic heterocycles. The van der Waals surface area contributed by atoms with Gasteiger partial charge in [-0.05, 0) is 0 Å². The van der Waals surface area contributed by atoms with Gasteiger partial charge in [0.2, 0.25) is 0 Å². The number of nitrogens with zero attached hydrogens (tertiary/aromatic N) is 1. The number of amidine groups is 1. The van der Waals surface area contributed by atoms with E-state index in [1.54, 1.807) is 0 Å². The van der Waals surface area contributed by atoms with Crippen LogP contribution in [-0.2, 0) is 4.79 Å². The van der Waals surface area contributed by atoms with Gasteiger partial charge in [0.05, 0.1) is 12.3 Å². The molecule has 56 valence electrons. The number of aliphatic imine (C=N–C) groups is 1. The van der Waals surface area contributed by atoms with E-state index in [0.717, 1.165) is 18.3 Å². The smallest absolute Gasteiger partial charge is 0.313 e. The zero-order valence-electron chi connectivity index (χ0n) is 5.33. The van der Waals surface area contributed by atoms with Crippen molar-refractivity contribution in [1.29, 1.82) is 0 Å². The summed E-state index contributed by atoms with van der Waals surface area (Å²) in [6.07, 6.45) is 0. The summed E-state index contributed by atoms with van der Waals surface area (Å²) in [6.45, 7) is 1.60. The molecule has 1 rings (SSSR count). The first-order chi connectivity index (χ1) is 4.79. The Morgan fingerprint density at radius 2 is 2.70 bits per heavy atom. The molecule has 0 amide bonds. The number of thioether (sulfide) groups is 1. The minimum absolute atomic E-state index is 0.0891. The van der Waals surface area contributed by atoms with Crippen molar-refractivity contribution in [2.24, 2.45) is 4.99 Å². The predicted molar refractivity (Wildman–Crippen MR) is 40.4 cm³/mol. The minimum Gasteiger partial charge on any atom is -0.481 e. The predicted octanol–water partition coefficient (Wildman–Crippen LogP) is -0.237. The van der Waals surface area contributed by atoms with Crippen molar-refractivity contribution in [2.45, 2.75) is 0 Å². The van der Waals surface area contributed by atoms with Crippen LogP contribution >= 0.6 is 11.8 Å². The molecular formula is C5H8N2O2S. The van der Waals surface area contributed by atoms with Gasteiger partial charge in [-0.2, -0.15) is 0 Å². The number of carbonyl (C=O) groups is 1. The van der Waals surface area contributed by atoms with Gasteiger partial charge in [0.15, 0.2) is 5.17 Å². The number of nitrogens with one attached hydrogen (secondary N) is 1. The molecule has 0 saturated carbocycles. The van der Waals surface area contributed by atoms with Crippen LogP contribution in [0.2, 0.25) is 0 Å². The number of carboxylic acid groups (broad SMARTS) is 1. The first kappa shape index (κ1) is 7.40. The third-order valence-electron chi connectivity index (χ3n) is 0.976. The highest BCUT2D eigenvalue weighted by Crippen LogP contribution is 2.03. The lowest BCUT2D eigenvalue weighted by molar-refractivity contribution is -0.133. The zero-order chi connectivity index (χ0) is 7.40. The molecule has 0 unspecified atom stereocenters. The van der Waals surface area contributed by atoms with Crippen molar-refractivity contribution in [2.75, 3.05) is 18.8 Å². The molecule has 5 heteroatoms. The molecule has 1 aliphatic rings. The van der Waals surface area contributed by atoms with Crippen LogP contribution < -0.4 is 5.32 Å². The number of carboxylic acids is 1. The maximum Gasteiger partial charge on any atom is 0.313 e. The first-order valence-electron chi connectivity index (χ1n) is 2.92. The largest absolute Gasteiger partial charge is 0.481 e. The van der Waals surface area contributed by atoms with Crippen LogP contribution in [0.3, 0.4) is 0 Å². The van der Waals surface area contributed by atoms with E-state index in [9.17, 15) is 4.79 Å². The van der Waals surface area contributed by atoms with Crippen molar-refractivity contribution >= 4 is 22.9 Å². The topological polar surface area (TPSA) is 61.7 Å². The van der Waals surface area contributed by atoms with Gasteiger partial charge in [0.1, 0.15) is 0 Å². The average molecular weight is 160 g/mol. The zero-order valence-corrected chi connectivity index (χ0v) is 6.15. The van der Waals surface area contributed by atoms with Gasteiger partial charge in [0.25, 0.3) is 0 Å². The van der Waals surface area contributed by atoms with Crippen molar-refractivity contribution in [3.63, 3.8) is 0 Å². The van der Waals surface area contributed by atoms with Crippen LogP contribution in [0, 0.1) is 0 Å². The summed E-state index contributed by atoms with van der Waals surface area (Å²) in [5.41, 5.74) is 0. The molecule has 1 heterocycles. The second-order valence-electron chi connectivity index (χ2n) is 1.80. The molecule has 2 N–H and O–H groups in total. The fourth-order valence-electron chi connectivity index (χ4n) is 0.603. The van der Waals surface area contributed by atoms with E-state index in [4.69, 9.17) is 5.11 Å². The summed E-state index contributed by atoms with van der Waals surface area (Å²) >= 11 is 1.23. The standard InChI is InChI=1S/C5H8N2O2S/c8-4(9)3-10-5-6-1-2-7-5/h1-3H2,(H,6,7)(H,8,9). The van der Waals surface area contributed by atoms with Crippen LogP contribution in [0.25, 0.3) is 0 Å². The summed E-state index contributed by atoms with van der Waals surface area (Å²) in [7, 11) is 0. The van der Waals surface area contributed by atoms with Gasteiger partial charge in [-0.25, -0.2) is 0 Å².